The Morgan fingerprint density at radius 3 is 2.47 bits per heavy atom. The first-order valence-corrected chi connectivity index (χ1v) is 6.61. The Bertz CT molecular complexity index is 525. The highest BCUT2D eigenvalue weighted by Gasteiger charge is 2.11. The number of benzene rings is 2. The van der Waals surface area contributed by atoms with Gasteiger partial charge >= 0.3 is 0 Å². The van der Waals surface area contributed by atoms with E-state index in [9.17, 15) is 4.39 Å². The zero-order chi connectivity index (χ0) is 13.7. The Hall–Kier alpha value is -1.38. The van der Waals surface area contributed by atoms with Crippen LogP contribution in [-0.2, 0) is 11.2 Å². The number of methoxy groups -OCH3 is 1. The molecule has 0 aliphatic carbocycles. The summed E-state index contributed by atoms with van der Waals surface area (Å²) in [4.78, 5) is 0. The molecule has 0 saturated heterocycles. The molecule has 1 atom stereocenters. The second-order valence-electron chi connectivity index (χ2n) is 4.40. The van der Waals surface area contributed by atoms with Crippen LogP contribution in [0.15, 0.2) is 48.5 Å². The molecule has 0 radical (unpaired) electrons. The van der Waals surface area contributed by atoms with Gasteiger partial charge in [0, 0.05) is 7.11 Å². The zero-order valence-electron chi connectivity index (χ0n) is 10.8. The second kappa shape index (κ2) is 6.69. The molecule has 0 amide bonds. The molecule has 2 aromatic rings. The van der Waals surface area contributed by atoms with Crippen molar-refractivity contribution in [3.63, 3.8) is 0 Å². The minimum atomic E-state index is -0.327. The maximum atomic E-state index is 13.2. The predicted molar refractivity (Wildman–Crippen MR) is 76.1 cm³/mol. The van der Waals surface area contributed by atoms with E-state index >= 15 is 0 Å². The van der Waals surface area contributed by atoms with Crippen molar-refractivity contribution in [3.8, 4) is 0 Å². The fourth-order valence-corrected chi connectivity index (χ4v) is 2.21. The normalized spacial score (nSPS) is 12.4. The summed E-state index contributed by atoms with van der Waals surface area (Å²) < 4.78 is 18.2. The molecular weight excluding hydrogens is 263 g/mol. The predicted octanol–water partition coefficient (Wildman–Crippen LogP) is 4.34. The van der Waals surface area contributed by atoms with E-state index in [2.05, 4.69) is 0 Å². The Morgan fingerprint density at radius 2 is 1.84 bits per heavy atom. The molecule has 2 rings (SSSR count). The van der Waals surface area contributed by atoms with Crippen molar-refractivity contribution in [1.82, 2.24) is 0 Å². The average molecular weight is 279 g/mol. The van der Waals surface area contributed by atoms with Crippen LogP contribution < -0.4 is 0 Å². The van der Waals surface area contributed by atoms with Gasteiger partial charge in [0.25, 0.3) is 0 Å². The van der Waals surface area contributed by atoms with Crippen molar-refractivity contribution < 1.29 is 9.13 Å². The van der Waals surface area contributed by atoms with E-state index < -0.39 is 0 Å². The highest BCUT2D eigenvalue weighted by Crippen LogP contribution is 2.29. The van der Waals surface area contributed by atoms with Crippen LogP contribution in [0, 0.1) is 5.82 Å². The van der Waals surface area contributed by atoms with Crippen molar-refractivity contribution in [2.24, 2.45) is 0 Å². The van der Waals surface area contributed by atoms with Gasteiger partial charge in [-0.15, -0.1) is 11.6 Å². The third-order valence-electron chi connectivity index (χ3n) is 3.01. The van der Waals surface area contributed by atoms with Gasteiger partial charge in [0.15, 0.2) is 0 Å². The van der Waals surface area contributed by atoms with Gasteiger partial charge in [-0.3, -0.25) is 0 Å². The van der Waals surface area contributed by atoms with Gasteiger partial charge in [-0.25, -0.2) is 4.39 Å². The van der Waals surface area contributed by atoms with Crippen LogP contribution in [0.2, 0.25) is 0 Å². The summed E-state index contributed by atoms with van der Waals surface area (Å²) in [6, 6.07) is 14.4. The minimum absolute atomic E-state index is 0.264. The van der Waals surface area contributed by atoms with Crippen LogP contribution >= 0.6 is 11.6 Å². The van der Waals surface area contributed by atoms with Crippen LogP contribution in [0.4, 0.5) is 4.39 Å². The fourth-order valence-electron chi connectivity index (χ4n) is 1.93. The number of hydrogen-bond donors (Lipinski definition) is 0. The van der Waals surface area contributed by atoms with Gasteiger partial charge in [-0.1, -0.05) is 36.4 Å². The molecule has 0 N–H and O–H groups in total. The molecule has 2 aromatic carbocycles. The van der Waals surface area contributed by atoms with Crippen molar-refractivity contribution in [3.05, 3.63) is 71.0 Å². The van der Waals surface area contributed by atoms with Gasteiger partial charge in [0.1, 0.15) is 5.82 Å². The minimum Gasteiger partial charge on any atom is -0.384 e. The second-order valence-corrected chi connectivity index (χ2v) is 4.84. The summed E-state index contributed by atoms with van der Waals surface area (Å²) in [5, 5.41) is -0.327. The van der Waals surface area contributed by atoms with Gasteiger partial charge in [0.2, 0.25) is 0 Å². The number of halogens is 2. The quantitative estimate of drug-likeness (QED) is 0.739. The van der Waals surface area contributed by atoms with Crippen LogP contribution in [0.3, 0.4) is 0 Å². The van der Waals surface area contributed by atoms with E-state index in [1.165, 1.54) is 17.7 Å². The van der Waals surface area contributed by atoms with Crippen molar-refractivity contribution in [1.29, 1.82) is 0 Å². The molecule has 0 heterocycles. The molecule has 0 spiro atoms. The summed E-state index contributed by atoms with van der Waals surface area (Å²) in [5.41, 5.74) is 2.94. The molecular formula is C16H16ClFO. The Labute approximate surface area is 118 Å². The number of rotatable bonds is 5. The molecule has 0 saturated carbocycles. The smallest absolute Gasteiger partial charge is 0.123 e. The van der Waals surface area contributed by atoms with Crippen molar-refractivity contribution in [2.75, 3.05) is 13.7 Å². The molecule has 0 aliphatic heterocycles. The maximum Gasteiger partial charge on any atom is 0.123 e. The standard InChI is InChI=1S/C16H16ClFO/c1-19-10-9-12-5-7-13(8-6-12)16(17)14-3-2-4-15(18)11-14/h2-8,11,16H,9-10H2,1H3. The van der Waals surface area contributed by atoms with E-state index in [4.69, 9.17) is 16.3 Å². The van der Waals surface area contributed by atoms with Crippen molar-refractivity contribution in [2.45, 2.75) is 11.8 Å². The molecule has 0 fully saturated rings. The van der Waals surface area contributed by atoms with Gasteiger partial charge in [-0.05, 0) is 35.2 Å². The lowest BCUT2D eigenvalue weighted by atomic mass is 10.0. The lowest BCUT2D eigenvalue weighted by molar-refractivity contribution is 0.202. The average Bonchev–Trinajstić information content (AvgIpc) is 2.45. The molecule has 1 nitrogen and oxygen atoms in total. The zero-order valence-corrected chi connectivity index (χ0v) is 11.5. The largest absolute Gasteiger partial charge is 0.384 e. The lowest BCUT2D eigenvalue weighted by Gasteiger charge is -2.11. The third kappa shape index (κ3) is 3.79. The lowest BCUT2D eigenvalue weighted by Crippen LogP contribution is -1.97. The summed E-state index contributed by atoms with van der Waals surface area (Å²) in [6.45, 7) is 0.702. The summed E-state index contributed by atoms with van der Waals surface area (Å²) in [7, 11) is 1.69. The van der Waals surface area contributed by atoms with Gasteiger partial charge < -0.3 is 4.74 Å². The molecule has 0 bridgehead atoms. The SMILES string of the molecule is COCCc1ccc(C(Cl)c2cccc(F)c2)cc1. The van der Waals surface area contributed by atoms with E-state index in [0.717, 1.165) is 17.5 Å². The highest BCUT2D eigenvalue weighted by atomic mass is 35.5. The summed E-state index contributed by atoms with van der Waals surface area (Å²) in [5.74, 6) is -0.264. The fraction of sp³-hybridized carbons (Fsp3) is 0.250. The first-order valence-electron chi connectivity index (χ1n) is 6.18. The Kier molecular flexibility index (Phi) is 4.94. The van der Waals surface area contributed by atoms with Crippen LogP contribution in [-0.4, -0.2) is 13.7 Å². The molecule has 1 unspecified atom stereocenters. The monoisotopic (exact) mass is 278 g/mol. The van der Waals surface area contributed by atoms with Gasteiger partial charge in [0.05, 0.1) is 12.0 Å². The van der Waals surface area contributed by atoms with E-state index in [0.29, 0.717) is 6.61 Å². The summed E-state index contributed by atoms with van der Waals surface area (Å²) >= 11 is 6.37. The molecule has 0 aliphatic rings. The van der Waals surface area contributed by atoms with Gasteiger partial charge in [-0.2, -0.15) is 0 Å². The number of hydrogen-bond acceptors (Lipinski definition) is 1. The van der Waals surface area contributed by atoms with Crippen LogP contribution in [0.5, 0.6) is 0 Å². The molecule has 3 heteroatoms. The number of alkyl halides is 1. The highest BCUT2D eigenvalue weighted by molar-refractivity contribution is 6.22. The topological polar surface area (TPSA) is 9.23 Å². The Balaban J connectivity index is 2.13. The summed E-state index contributed by atoms with van der Waals surface area (Å²) in [6.07, 6.45) is 0.879. The first-order chi connectivity index (χ1) is 9.20. The van der Waals surface area contributed by atoms with Crippen LogP contribution in [0.25, 0.3) is 0 Å². The molecule has 100 valence electrons. The number of ether oxygens (including phenoxy) is 1. The van der Waals surface area contributed by atoms with Crippen LogP contribution in [0.1, 0.15) is 22.1 Å². The van der Waals surface area contributed by atoms with E-state index in [1.807, 2.05) is 30.3 Å². The van der Waals surface area contributed by atoms with Crippen molar-refractivity contribution >= 4 is 11.6 Å². The molecule has 19 heavy (non-hydrogen) atoms. The van der Waals surface area contributed by atoms with E-state index in [1.54, 1.807) is 13.2 Å². The molecule has 0 aromatic heterocycles. The third-order valence-corrected chi connectivity index (χ3v) is 3.51. The first kappa shape index (κ1) is 14.0. The van der Waals surface area contributed by atoms with E-state index in [-0.39, 0.29) is 11.2 Å². The Morgan fingerprint density at radius 1 is 1.11 bits per heavy atom. The maximum absolute atomic E-state index is 13.2.